The van der Waals surface area contributed by atoms with Gasteiger partial charge >= 0.3 is 0 Å². The first-order valence-electron chi connectivity index (χ1n) is 7.43. The van der Waals surface area contributed by atoms with Gasteiger partial charge in [-0.2, -0.15) is 0 Å². The van der Waals surface area contributed by atoms with Gasteiger partial charge in [0.05, 0.1) is 19.0 Å². The van der Waals surface area contributed by atoms with Gasteiger partial charge in [0.2, 0.25) is 0 Å². The number of nitrogens with one attached hydrogen (secondary N) is 1. The van der Waals surface area contributed by atoms with Crippen LogP contribution in [0.3, 0.4) is 0 Å². The molecule has 23 heavy (non-hydrogen) atoms. The molecule has 4 nitrogen and oxygen atoms in total. The number of halogens is 1. The van der Waals surface area contributed by atoms with Crippen LogP contribution in [0.5, 0.6) is 0 Å². The third kappa shape index (κ3) is 3.99. The monoisotopic (exact) mass is 327 g/mol. The summed E-state index contributed by atoms with van der Waals surface area (Å²) < 4.78 is 1.96. The van der Waals surface area contributed by atoms with Gasteiger partial charge in [-0.1, -0.05) is 35.9 Å². The topological polar surface area (TPSA) is 50.1 Å². The Morgan fingerprint density at radius 3 is 2.43 bits per heavy atom. The minimum absolute atomic E-state index is 0.0365. The summed E-state index contributed by atoms with van der Waals surface area (Å²) in [5, 5.41) is 13.6. The lowest BCUT2D eigenvalue weighted by Gasteiger charge is -2.17. The molecule has 0 aliphatic heterocycles. The molecule has 0 bridgehead atoms. The molecular formula is C18H18ClN3O. The smallest absolute Gasteiger partial charge is 0.0991 e. The van der Waals surface area contributed by atoms with E-state index in [-0.39, 0.29) is 12.6 Å². The molecule has 0 saturated carbocycles. The van der Waals surface area contributed by atoms with E-state index in [1.54, 1.807) is 12.5 Å². The number of nitrogens with zero attached hydrogens (tertiary/aromatic N) is 2. The highest BCUT2D eigenvalue weighted by molar-refractivity contribution is 6.30. The van der Waals surface area contributed by atoms with Gasteiger partial charge in [-0.15, -0.1) is 0 Å². The highest BCUT2D eigenvalue weighted by atomic mass is 35.5. The van der Waals surface area contributed by atoms with E-state index in [1.165, 1.54) is 0 Å². The Hall–Kier alpha value is -2.14. The third-order valence-corrected chi connectivity index (χ3v) is 4.00. The molecule has 0 aliphatic rings. The van der Waals surface area contributed by atoms with Crippen LogP contribution in [0.4, 0.5) is 0 Å². The molecule has 118 valence electrons. The van der Waals surface area contributed by atoms with E-state index < -0.39 is 0 Å². The molecule has 1 heterocycles. The van der Waals surface area contributed by atoms with Crippen molar-refractivity contribution in [2.75, 3.05) is 6.61 Å². The highest BCUT2D eigenvalue weighted by Gasteiger charge is 2.09. The van der Waals surface area contributed by atoms with Crippen molar-refractivity contribution in [1.29, 1.82) is 0 Å². The van der Waals surface area contributed by atoms with Gasteiger partial charge in [0, 0.05) is 29.6 Å². The maximum absolute atomic E-state index is 9.59. The number of aromatic nitrogens is 2. The molecule has 1 atom stereocenters. The fourth-order valence-corrected chi connectivity index (χ4v) is 2.55. The maximum atomic E-state index is 9.59. The lowest BCUT2D eigenvalue weighted by atomic mass is 10.1. The second kappa shape index (κ2) is 7.42. The van der Waals surface area contributed by atoms with Gasteiger partial charge < -0.3 is 15.0 Å². The number of rotatable bonds is 6. The van der Waals surface area contributed by atoms with E-state index in [0.717, 1.165) is 16.8 Å². The van der Waals surface area contributed by atoms with Crippen LogP contribution >= 0.6 is 11.6 Å². The van der Waals surface area contributed by atoms with Crippen molar-refractivity contribution in [2.45, 2.75) is 12.6 Å². The molecule has 3 rings (SSSR count). The Morgan fingerprint density at radius 1 is 1.09 bits per heavy atom. The second-order valence-electron chi connectivity index (χ2n) is 5.30. The van der Waals surface area contributed by atoms with Crippen LogP contribution in [0.15, 0.2) is 67.3 Å². The van der Waals surface area contributed by atoms with Gasteiger partial charge in [-0.05, 0) is 35.4 Å². The number of imidazole rings is 1. The summed E-state index contributed by atoms with van der Waals surface area (Å²) in [6, 6.07) is 15.7. The van der Waals surface area contributed by atoms with Gasteiger partial charge in [-0.25, -0.2) is 4.98 Å². The SMILES string of the molecule is OCC(NCc1ccc(-n2ccnc2)cc1)c1ccc(Cl)cc1. The zero-order valence-corrected chi connectivity index (χ0v) is 13.3. The Kier molecular flexibility index (Phi) is 5.08. The molecule has 2 N–H and O–H groups in total. The Labute approximate surface area is 140 Å². The van der Waals surface area contributed by atoms with Crippen LogP contribution in [0.1, 0.15) is 17.2 Å². The lowest BCUT2D eigenvalue weighted by Crippen LogP contribution is -2.23. The minimum Gasteiger partial charge on any atom is -0.394 e. The summed E-state index contributed by atoms with van der Waals surface area (Å²) in [6.07, 6.45) is 5.44. The molecule has 0 saturated heterocycles. The second-order valence-corrected chi connectivity index (χ2v) is 5.74. The van der Waals surface area contributed by atoms with Crippen LogP contribution in [0.25, 0.3) is 5.69 Å². The average Bonchev–Trinajstić information content (AvgIpc) is 3.12. The van der Waals surface area contributed by atoms with Crippen LogP contribution in [0, 0.1) is 0 Å². The molecule has 1 aromatic heterocycles. The zero-order valence-electron chi connectivity index (χ0n) is 12.6. The number of benzene rings is 2. The predicted molar refractivity (Wildman–Crippen MR) is 91.7 cm³/mol. The summed E-state index contributed by atoms with van der Waals surface area (Å²) in [5.74, 6) is 0. The average molecular weight is 328 g/mol. The number of hydrogen-bond acceptors (Lipinski definition) is 3. The molecular weight excluding hydrogens is 310 g/mol. The summed E-state index contributed by atoms with van der Waals surface area (Å²) in [6.45, 7) is 0.715. The Balaban J connectivity index is 1.63. The minimum atomic E-state index is -0.111. The maximum Gasteiger partial charge on any atom is 0.0991 e. The predicted octanol–water partition coefficient (Wildman–Crippen LogP) is 3.35. The van der Waals surface area contributed by atoms with Crippen LogP contribution in [-0.2, 0) is 6.54 Å². The lowest BCUT2D eigenvalue weighted by molar-refractivity contribution is 0.243. The molecule has 0 fully saturated rings. The highest BCUT2D eigenvalue weighted by Crippen LogP contribution is 2.17. The van der Waals surface area contributed by atoms with Crippen LogP contribution < -0.4 is 5.32 Å². The fourth-order valence-electron chi connectivity index (χ4n) is 2.42. The van der Waals surface area contributed by atoms with Crippen molar-refractivity contribution in [3.63, 3.8) is 0 Å². The third-order valence-electron chi connectivity index (χ3n) is 3.75. The van der Waals surface area contributed by atoms with Crippen molar-refractivity contribution in [2.24, 2.45) is 0 Å². The Bertz CT molecular complexity index is 724. The molecule has 3 aromatic rings. The number of hydrogen-bond donors (Lipinski definition) is 2. The molecule has 2 aromatic carbocycles. The first-order chi connectivity index (χ1) is 11.3. The van der Waals surface area contributed by atoms with Crippen molar-refractivity contribution in [1.82, 2.24) is 14.9 Å². The van der Waals surface area contributed by atoms with E-state index in [0.29, 0.717) is 11.6 Å². The Morgan fingerprint density at radius 2 is 1.83 bits per heavy atom. The van der Waals surface area contributed by atoms with Crippen LogP contribution in [-0.4, -0.2) is 21.3 Å². The van der Waals surface area contributed by atoms with E-state index in [4.69, 9.17) is 11.6 Å². The quantitative estimate of drug-likeness (QED) is 0.730. The molecule has 0 aliphatic carbocycles. The largest absolute Gasteiger partial charge is 0.394 e. The molecule has 1 unspecified atom stereocenters. The van der Waals surface area contributed by atoms with E-state index in [9.17, 15) is 5.11 Å². The first-order valence-corrected chi connectivity index (χ1v) is 7.81. The molecule has 5 heteroatoms. The number of aliphatic hydroxyl groups is 1. The summed E-state index contributed by atoms with van der Waals surface area (Å²) >= 11 is 5.90. The van der Waals surface area contributed by atoms with E-state index >= 15 is 0 Å². The molecule has 0 radical (unpaired) electrons. The first kappa shape index (κ1) is 15.7. The number of aliphatic hydroxyl groups excluding tert-OH is 1. The van der Waals surface area contributed by atoms with Crippen molar-refractivity contribution < 1.29 is 5.11 Å². The van der Waals surface area contributed by atoms with Gasteiger partial charge in [0.15, 0.2) is 0 Å². The van der Waals surface area contributed by atoms with E-state index in [1.807, 2.05) is 35.0 Å². The fraction of sp³-hybridized carbons (Fsp3) is 0.167. The normalized spacial score (nSPS) is 12.3. The van der Waals surface area contributed by atoms with Crippen LogP contribution in [0.2, 0.25) is 5.02 Å². The summed E-state index contributed by atoms with van der Waals surface area (Å²) in [7, 11) is 0. The standard InChI is InChI=1S/C18H18ClN3O/c19-16-5-3-15(4-6-16)18(12-23)21-11-14-1-7-17(8-2-14)22-10-9-20-13-22/h1-10,13,18,21,23H,11-12H2. The molecule has 0 spiro atoms. The van der Waals surface area contributed by atoms with Crippen molar-refractivity contribution in [3.8, 4) is 5.69 Å². The van der Waals surface area contributed by atoms with Gasteiger partial charge in [0.1, 0.15) is 0 Å². The van der Waals surface area contributed by atoms with Crippen molar-refractivity contribution >= 4 is 11.6 Å². The van der Waals surface area contributed by atoms with Crippen molar-refractivity contribution in [3.05, 3.63) is 83.4 Å². The van der Waals surface area contributed by atoms with Gasteiger partial charge in [0.25, 0.3) is 0 Å². The zero-order chi connectivity index (χ0) is 16.1. The summed E-state index contributed by atoms with van der Waals surface area (Å²) in [4.78, 5) is 4.04. The van der Waals surface area contributed by atoms with Gasteiger partial charge in [-0.3, -0.25) is 0 Å². The summed E-state index contributed by atoms with van der Waals surface area (Å²) in [5.41, 5.74) is 3.25. The van der Waals surface area contributed by atoms with E-state index in [2.05, 4.69) is 34.6 Å². The molecule has 0 amide bonds.